The van der Waals surface area contributed by atoms with Gasteiger partial charge in [0.15, 0.2) is 6.10 Å². The summed E-state index contributed by atoms with van der Waals surface area (Å²) in [4.78, 5) is 21.9. The Balaban J connectivity index is 0.00000272. The maximum Gasteiger partial charge on any atom is 0.251 e. The number of aromatic nitrogens is 1. The van der Waals surface area contributed by atoms with E-state index >= 15 is 0 Å². The first kappa shape index (κ1) is 23.3. The first-order valence-corrected chi connectivity index (χ1v) is 10.7. The molecule has 31 heavy (non-hydrogen) atoms. The van der Waals surface area contributed by atoms with E-state index in [-0.39, 0.29) is 30.5 Å². The van der Waals surface area contributed by atoms with Gasteiger partial charge in [-0.2, -0.15) is 5.26 Å². The topological polar surface area (TPSA) is 81.5 Å². The number of fused-ring (bicyclic) bond motifs is 1. The van der Waals surface area contributed by atoms with Crippen molar-refractivity contribution in [1.29, 1.82) is 5.26 Å². The first-order valence-electron chi connectivity index (χ1n) is 10.7. The number of benzene rings is 1. The fourth-order valence-corrected chi connectivity index (χ4v) is 4.56. The number of carbonyl (C=O) groups is 1. The van der Waals surface area contributed by atoms with Crippen LogP contribution >= 0.6 is 12.4 Å². The number of hydrogen-bond acceptors (Lipinski definition) is 6. The van der Waals surface area contributed by atoms with Crippen molar-refractivity contribution in [3.8, 4) is 6.07 Å². The van der Waals surface area contributed by atoms with Gasteiger partial charge in [-0.1, -0.05) is 6.42 Å². The van der Waals surface area contributed by atoms with Crippen LogP contribution in [0.5, 0.6) is 0 Å². The van der Waals surface area contributed by atoms with Crippen molar-refractivity contribution in [3.05, 3.63) is 36.0 Å². The normalized spacial score (nSPS) is 24.7. The van der Waals surface area contributed by atoms with Gasteiger partial charge in [-0.3, -0.25) is 9.78 Å². The number of amides is 1. The van der Waals surface area contributed by atoms with E-state index in [9.17, 15) is 10.1 Å². The highest BCUT2D eigenvalue weighted by Crippen LogP contribution is 2.30. The van der Waals surface area contributed by atoms with Gasteiger partial charge in [-0.05, 0) is 57.6 Å². The molecule has 8 heteroatoms. The summed E-state index contributed by atoms with van der Waals surface area (Å²) in [5.41, 5.74) is 2.24. The fraction of sp³-hybridized carbons (Fsp3) is 0.522. The molecule has 3 heterocycles. The van der Waals surface area contributed by atoms with Crippen molar-refractivity contribution in [3.63, 3.8) is 0 Å². The Kier molecular flexibility index (Phi) is 7.71. The Morgan fingerprint density at radius 3 is 2.90 bits per heavy atom. The van der Waals surface area contributed by atoms with E-state index in [2.05, 4.69) is 33.2 Å². The minimum Gasteiger partial charge on any atom is -0.365 e. The summed E-state index contributed by atoms with van der Waals surface area (Å²) in [6.07, 6.45) is 4.42. The molecule has 1 unspecified atom stereocenters. The number of halogens is 1. The van der Waals surface area contributed by atoms with Crippen LogP contribution in [-0.2, 0) is 9.53 Å². The molecule has 166 valence electrons. The summed E-state index contributed by atoms with van der Waals surface area (Å²) in [6, 6.07) is 10.0. The van der Waals surface area contributed by atoms with Crippen LogP contribution in [0.15, 0.2) is 30.5 Å². The zero-order chi connectivity index (χ0) is 21.1. The van der Waals surface area contributed by atoms with Crippen LogP contribution < -0.4 is 10.2 Å². The minimum atomic E-state index is -0.523. The summed E-state index contributed by atoms with van der Waals surface area (Å²) in [5.74, 6) is -0.0390. The van der Waals surface area contributed by atoms with Crippen molar-refractivity contribution < 1.29 is 9.53 Å². The summed E-state index contributed by atoms with van der Waals surface area (Å²) in [6.45, 7) is 5.12. The number of carbonyl (C=O) groups excluding carboxylic acids is 1. The van der Waals surface area contributed by atoms with Crippen LogP contribution in [0.1, 0.15) is 31.7 Å². The van der Waals surface area contributed by atoms with Crippen LogP contribution in [-0.4, -0.2) is 67.3 Å². The third-order valence-electron chi connectivity index (χ3n) is 5.98. The van der Waals surface area contributed by atoms with E-state index in [1.807, 2.05) is 25.1 Å². The third kappa shape index (κ3) is 5.27. The lowest BCUT2D eigenvalue weighted by Crippen LogP contribution is -2.55. The number of nitrogens with one attached hydrogen (secondary N) is 1. The largest absolute Gasteiger partial charge is 0.365 e. The highest BCUT2D eigenvalue weighted by Gasteiger charge is 2.32. The quantitative estimate of drug-likeness (QED) is 0.785. The lowest BCUT2D eigenvalue weighted by Gasteiger charge is -2.38. The van der Waals surface area contributed by atoms with Gasteiger partial charge < -0.3 is 19.9 Å². The van der Waals surface area contributed by atoms with E-state index in [1.54, 1.807) is 12.3 Å². The monoisotopic (exact) mass is 443 g/mol. The average molecular weight is 444 g/mol. The van der Waals surface area contributed by atoms with Crippen molar-refractivity contribution >= 4 is 34.9 Å². The zero-order valence-corrected chi connectivity index (χ0v) is 18.9. The predicted molar refractivity (Wildman–Crippen MR) is 124 cm³/mol. The molecule has 2 aliphatic rings. The first-order chi connectivity index (χ1) is 14.5. The highest BCUT2D eigenvalue weighted by atomic mass is 35.5. The molecular formula is C23H30ClN5O2. The second-order valence-electron chi connectivity index (χ2n) is 8.45. The van der Waals surface area contributed by atoms with E-state index in [4.69, 9.17) is 4.74 Å². The number of nitrogens with zero attached hydrogens (tertiary/aromatic N) is 4. The summed E-state index contributed by atoms with van der Waals surface area (Å²) >= 11 is 0. The number of likely N-dealkylation sites (N-methyl/N-ethyl adjacent to an activating group) is 1. The molecule has 2 aliphatic heterocycles. The van der Waals surface area contributed by atoms with Crippen LogP contribution in [0.2, 0.25) is 0 Å². The molecule has 0 spiro atoms. The number of hydrogen-bond donors (Lipinski definition) is 1. The van der Waals surface area contributed by atoms with Crippen molar-refractivity contribution in [2.24, 2.45) is 0 Å². The number of morpholine rings is 1. The molecule has 1 aromatic heterocycles. The van der Waals surface area contributed by atoms with Crippen molar-refractivity contribution in [2.75, 3.05) is 38.1 Å². The number of ether oxygens (including phenoxy) is 1. The van der Waals surface area contributed by atoms with E-state index in [1.165, 1.54) is 6.42 Å². The molecule has 0 bridgehead atoms. The van der Waals surface area contributed by atoms with Crippen molar-refractivity contribution in [1.82, 2.24) is 15.2 Å². The summed E-state index contributed by atoms with van der Waals surface area (Å²) in [7, 11) is 2.11. The lowest BCUT2D eigenvalue weighted by atomic mass is 10.1. The lowest BCUT2D eigenvalue weighted by molar-refractivity contribution is -0.138. The number of likely N-dealkylation sites (tertiary alicyclic amines) is 1. The molecule has 1 amide bonds. The van der Waals surface area contributed by atoms with Crippen LogP contribution in [0.4, 0.5) is 5.69 Å². The fourth-order valence-electron chi connectivity index (χ4n) is 4.56. The third-order valence-corrected chi connectivity index (χ3v) is 5.98. The minimum absolute atomic E-state index is 0. The number of anilines is 1. The molecule has 3 atom stereocenters. The molecule has 2 aromatic rings. The SMILES string of the molecule is C[C@@H]1CN(c2ccc(C#N)c3ncccc23)C[C@H](C(=O)NC2CCCCN(C)C2)O1.Cl. The molecule has 2 saturated heterocycles. The summed E-state index contributed by atoms with van der Waals surface area (Å²) < 4.78 is 6.02. The Labute approximate surface area is 189 Å². The van der Waals surface area contributed by atoms with E-state index in [0.717, 1.165) is 37.0 Å². The van der Waals surface area contributed by atoms with Gasteiger partial charge in [0.1, 0.15) is 6.07 Å². The molecule has 0 saturated carbocycles. The van der Waals surface area contributed by atoms with Gasteiger partial charge in [0, 0.05) is 36.4 Å². The van der Waals surface area contributed by atoms with E-state index in [0.29, 0.717) is 24.2 Å². The molecule has 1 N–H and O–H groups in total. The Hall–Kier alpha value is -2.40. The van der Waals surface area contributed by atoms with Gasteiger partial charge in [-0.25, -0.2) is 0 Å². The molecule has 0 aliphatic carbocycles. The van der Waals surface area contributed by atoms with Gasteiger partial charge >= 0.3 is 0 Å². The van der Waals surface area contributed by atoms with Crippen LogP contribution in [0.25, 0.3) is 10.9 Å². The van der Waals surface area contributed by atoms with Crippen molar-refractivity contribution in [2.45, 2.75) is 44.4 Å². The Morgan fingerprint density at radius 2 is 2.10 bits per heavy atom. The van der Waals surface area contributed by atoms with Gasteiger partial charge in [0.25, 0.3) is 5.91 Å². The maximum atomic E-state index is 13.0. The van der Waals surface area contributed by atoms with Gasteiger partial charge in [0.2, 0.25) is 0 Å². The van der Waals surface area contributed by atoms with Crippen LogP contribution in [0.3, 0.4) is 0 Å². The molecule has 4 rings (SSSR count). The Bertz CT molecular complexity index is 963. The second kappa shape index (κ2) is 10.3. The number of pyridine rings is 1. The van der Waals surface area contributed by atoms with Gasteiger partial charge in [-0.15, -0.1) is 12.4 Å². The molecule has 1 aromatic carbocycles. The van der Waals surface area contributed by atoms with Crippen LogP contribution in [0, 0.1) is 11.3 Å². The average Bonchev–Trinajstić information content (AvgIpc) is 2.96. The molecule has 2 fully saturated rings. The van der Waals surface area contributed by atoms with E-state index < -0.39 is 6.10 Å². The molecule has 0 radical (unpaired) electrons. The second-order valence-corrected chi connectivity index (χ2v) is 8.45. The number of rotatable bonds is 3. The predicted octanol–water partition coefficient (Wildman–Crippen LogP) is 2.72. The zero-order valence-electron chi connectivity index (χ0n) is 18.1. The highest BCUT2D eigenvalue weighted by molar-refractivity contribution is 5.95. The molecular weight excluding hydrogens is 414 g/mol. The molecule has 7 nitrogen and oxygen atoms in total. The number of nitriles is 1. The standard InChI is InChI=1S/C23H29N5O2.ClH/c1-16-13-28(20-9-8-17(12-24)22-19(20)7-5-10-25-22)15-21(30-16)23(29)26-18-6-3-4-11-27(2)14-18;/h5,7-10,16,18,21H,3-4,6,11,13-15H2,1-2H3,(H,26,29);1H/t16-,18?,21-;/m1./s1. The Morgan fingerprint density at radius 1 is 1.26 bits per heavy atom. The smallest absolute Gasteiger partial charge is 0.251 e. The van der Waals surface area contributed by atoms with Gasteiger partial charge in [0.05, 0.1) is 23.7 Å². The maximum absolute atomic E-state index is 13.0. The summed E-state index contributed by atoms with van der Waals surface area (Å²) in [5, 5.41) is 13.6.